The topological polar surface area (TPSA) is 52.6 Å². The first-order chi connectivity index (χ1) is 15.5. The van der Waals surface area contributed by atoms with Crippen molar-refractivity contribution in [3.8, 4) is 0 Å². The molecule has 11 heteroatoms. The van der Waals surface area contributed by atoms with Crippen LogP contribution in [-0.2, 0) is 19.1 Å². The smallest absolute Gasteiger partial charge is 0.437 e. The van der Waals surface area contributed by atoms with Gasteiger partial charge in [0.2, 0.25) is 0 Å². The van der Waals surface area contributed by atoms with Gasteiger partial charge < -0.3 is 9.47 Å². The zero-order valence-corrected chi connectivity index (χ0v) is 21.2. The summed E-state index contributed by atoms with van der Waals surface area (Å²) in [6.45, 7) is 5.30. The lowest BCUT2D eigenvalue weighted by atomic mass is 9.61. The summed E-state index contributed by atoms with van der Waals surface area (Å²) < 4.78 is 91.6. The predicted octanol–water partition coefficient (Wildman–Crippen LogP) is 7.26. The highest BCUT2D eigenvalue weighted by Crippen LogP contribution is 2.60. The molecule has 0 aromatic carbocycles. The molecule has 0 aromatic rings. The lowest BCUT2D eigenvalue weighted by Gasteiger charge is -2.45. The molecule has 0 radical (unpaired) electrons. The van der Waals surface area contributed by atoms with E-state index in [1.165, 1.54) is 5.57 Å². The second-order valence-corrected chi connectivity index (χ2v) is 10.3. The summed E-state index contributed by atoms with van der Waals surface area (Å²) >= 11 is 3.41. The van der Waals surface area contributed by atoms with E-state index in [4.69, 9.17) is 4.74 Å². The van der Waals surface area contributed by atoms with Crippen molar-refractivity contribution >= 4 is 27.9 Å². The van der Waals surface area contributed by atoms with Gasteiger partial charge in [0.25, 0.3) is 0 Å². The summed E-state index contributed by atoms with van der Waals surface area (Å²) in [6.07, 6.45) is -11.2. The average molecular weight is 565 g/mol. The van der Waals surface area contributed by atoms with Gasteiger partial charge in [-0.1, -0.05) is 35.4 Å². The van der Waals surface area contributed by atoms with Gasteiger partial charge in [-0.2, -0.15) is 26.3 Å². The second kappa shape index (κ2) is 10.4. The highest BCUT2D eigenvalue weighted by molar-refractivity contribution is 9.11. The molecule has 2 saturated carbocycles. The third-order valence-corrected chi connectivity index (χ3v) is 8.17. The zero-order chi connectivity index (χ0) is 26.1. The van der Waals surface area contributed by atoms with Gasteiger partial charge >= 0.3 is 29.9 Å². The Morgan fingerprint density at radius 1 is 1.12 bits per heavy atom. The molecule has 2 fully saturated rings. The monoisotopic (exact) mass is 564 g/mol. The van der Waals surface area contributed by atoms with Crippen LogP contribution in [0, 0.1) is 23.2 Å². The Hall–Kier alpha value is -1.26. The molecule has 34 heavy (non-hydrogen) atoms. The van der Waals surface area contributed by atoms with E-state index < -0.39 is 42.4 Å². The minimum absolute atomic E-state index is 0.0261. The number of allylic oxidation sites excluding steroid dienone is 1. The molecule has 0 saturated heterocycles. The molecule has 2 aliphatic carbocycles. The van der Waals surface area contributed by atoms with E-state index >= 15 is 0 Å². The molecule has 5 atom stereocenters. The summed E-state index contributed by atoms with van der Waals surface area (Å²) in [4.78, 5) is 24.9. The fourth-order valence-corrected chi connectivity index (χ4v) is 6.80. The molecule has 0 unspecified atom stereocenters. The minimum atomic E-state index is -5.96. The van der Waals surface area contributed by atoms with Gasteiger partial charge in [0.1, 0.15) is 6.10 Å². The molecule has 0 spiro atoms. The Balaban J connectivity index is 2.36. The lowest BCUT2D eigenvalue weighted by Crippen LogP contribution is -2.61. The molecule has 0 heterocycles. The highest BCUT2D eigenvalue weighted by atomic mass is 79.9. The molecular weight excluding hydrogens is 534 g/mol. The zero-order valence-electron chi connectivity index (χ0n) is 19.6. The molecule has 0 aromatic heterocycles. The van der Waals surface area contributed by atoms with Crippen LogP contribution in [0.15, 0.2) is 10.6 Å². The third-order valence-electron chi connectivity index (χ3n) is 7.58. The molecule has 0 aliphatic heterocycles. The number of esters is 2. The number of ether oxygens (including phenoxy) is 2. The number of rotatable bonds is 7. The predicted molar refractivity (Wildman–Crippen MR) is 116 cm³/mol. The molecular formula is C23H31BrF6O4. The lowest BCUT2D eigenvalue weighted by molar-refractivity contribution is -0.375. The number of alkyl halides is 6. The normalized spacial score (nSPS) is 28.9. The van der Waals surface area contributed by atoms with Gasteiger partial charge in [-0.3, -0.25) is 9.59 Å². The van der Waals surface area contributed by atoms with Crippen LogP contribution >= 0.6 is 15.9 Å². The maximum atomic E-state index is 13.8. The van der Waals surface area contributed by atoms with Gasteiger partial charge in [-0.15, -0.1) is 0 Å². The second-order valence-electron chi connectivity index (χ2n) is 9.84. The molecule has 0 bridgehead atoms. The maximum absolute atomic E-state index is 13.8. The van der Waals surface area contributed by atoms with Crippen LogP contribution in [0.1, 0.15) is 72.6 Å². The number of halogens is 7. The van der Waals surface area contributed by atoms with E-state index in [1.807, 2.05) is 4.99 Å². The minimum Gasteiger partial charge on any atom is -0.462 e. The van der Waals surface area contributed by atoms with E-state index in [2.05, 4.69) is 27.6 Å². The van der Waals surface area contributed by atoms with E-state index in [0.717, 1.165) is 39.0 Å². The van der Waals surface area contributed by atoms with Crippen LogP contribution < -0.4 is 0 Å². The molecule has 0 N–H and O–H groups in total. The van der Waals surface area contributed by atoms with Crippen molar-refractivity contribution in [3.05, 3.63) is 10.6 Å². The van der Waals surface area contributed by atoms with Crippen molar-refractivity contribution in [2.24, 2.45) is 23.2 Å². The number of carbonyl (C=O) groups is 2. The number of hydrogen-bond donors (Lipinski definition) is 0. The first-order valence-corrected chi connectivity index (χ1v) is 12.2. The molecule has 2 rings (SSSR count). The van der Waals surface area contributed by atoms with Gasteiger partial charge in [0, 0.05) is 20.3 Å². The highest BCUT2D eigenvalue weighted by Gasteiger charge is 2.74. The van der Waals surface area contributed by atoms with E-state index in [1.54, 1.807) is 6.92 Å². The Morgan fingerprint density at radius 3 is 2.18 bits per heavy atom. The van der Waals surface area contributed by atoms with Crippen LogP contribution in [-0.4, -0.2) is 36.0 Å². The largest absolute Gasteiger partial charge is 0.462 e. The standard InChI is InChI=1S/C23H31BrF6O4/c1-13(18-7-8-19-16(12-24)6-5-9-20(18,19)4)10-17(33-14(2)31)11-21(22(25,26)27,23(28,29)30)34-15(3)32/h12-13,17-19H,5-11H2,1-4H3/b16-12+/t13-,17+,18-,19+,20-/m1/s1. The van der Waals surface area contributed by atoms with Gasteiger partial charge in [-0.25, -0.2) is 0 Å². The summed E-state index contributed by atoms with van der Waals surface area (Å²) in [5, 5.41) is 0. The summed E-state index contributed by atoms with van der Waals surface area (Å²) in [5.41, 5.74) is -3.66. The van der Waals surface area contributed by atoms with Crippen LogP contribution in [0.25, 0.3) is 0 Å². The van der Waals surface area contributed by atoms with E-state index in [0.29, 0.717) is 6.92 Å². The van der Waals surface area contributed by atoms with E-state index in [-0.39, 0.29) is 29.6 Å². The Morgan fingerprint density at radius 2 is 1.71 bits per heavy atom. The maximum Gasteiger partial charge on any atom is 0.437 e. The third kappa shape index (κ3) is 5.75. The Kier molecular flexibility index (Phi) is 8.85. The summed E-state index contributed by atoms with van der Waals surface area (Å²) in [5.74, 6) is -2.75. The first kappa shape index (κ1) is 29.0. The Labute approximate surface area is 203 Å². The van der Waals surface area contributed by atoms with Crippen molar-refractivity contribution in [1.82, 2.24) is 0 Å². The first-order valence-electron chi connectivity index (χ1n) is 11.3. The SMILES string of the molecule is CC(=O)O[C@@H](C[C@@H](C)[C@H]1CC[C@H]2/C(=C/Br)CCC[C@]12C)CC(OC(C)=O)(C(F)(F)F)C(F)(F)F. The number of carbonyl (C=O) groups excluding carboxylic acids is 2. The molecule has 2 aliphatic rings. The number of hydrogen-bond acceptors (Lipinski definition) is 4. The van der Waals surface area contributed by atoms with Gasteiger partial charge in [0.15, 0.2) is 0 Å². The van der Waals surface area contributed by atoms with Crippen LogP contribution in [0.4, 0.5) is 26.3 Å². The average Bonchev–Trinajstić information content (AvgIpc) is 3.01. The molecule has 0 amide bonds. The fraction of sp³-hybridized carbons (Fsp3) is 0.826. The Bertz CT molecular complexity index is 779. The van der Waals surface area contributed by atoms with Crippen molar-refractivity contribution in [1.29, 1.82) is 0 Å². The van der Waals surface area contributed by atoms with Crippen molar-refractivity contribution in [2.75, 3.05) is 0 Å². The van der Waals surface area contributed by atoms with Crippen molar-refractivity contribution in [3.63, 3.8) is 0 Å². The van der Waals surface area contributed by atoms with Gasteiger partial charge in [0.05, 0.1) is 0 Å². The van der Waals surface area contributed by atoms with Gasteiger partial charge in [-0.05, 0) is 66.7 Å². The quantitative estimate of drug-likeness (QED) is 0.241. The fourth-order valence-electron chi connectivity index (χ4n) is 6.25. The molecule has 196 valence electrons. The van der Waals surface area contributed by atoms with Crippen LogP contribution in [0.3, 0.4) is 0 Å². The summed E-state index contributed by atoms with van der Waals surface area (Å²) in [7, 11) is 0. The van der Waals surface area contributed by atoms with Crippen molar-refractivity contribution in [2.45, 2.75) is 96.7 Å². The summed E-state index contributed by atoms with van der Waals surface area (Å²) in [6, 6.07) is 0. The molecule has 4 nitrogen and oxygen atoms in total. The van der Waals surface area contributed by atoms with Crippen LogP contribution in [0.2, 0.25) is 0 Å². The number of fused-ring (bicyclic) bond motifs is 1. The van der Waals surface area contributed by atoms with E-state index in [9.17, 15) is 35.9 Å². The van der Waals surface area contributed by atoms with Crippen molar-refractivity contribution < 1.29 is 45.4 Å². The van der Waals surface area contributed by atoms with Crippen LogP contribution in [0.5, 0.6) is 0 Å².